The van der Waals surface area contributed by atoms with Crippen LogP contribution in [0.1, 0.15) is 50.3 Å². The average molecular weight is 536 g/mol. The van der Waals surface area contributed by atoms with Gasteiger partial charge in [0.05, 0.1) is 17.3 Å². The van der Waals surface area contributed by atoms with E-state index in [0.717, 1.165) is 43.6 Å². The van der Waals surface area contributed by atoms with Crippen LogP contribution in [0.5, 0.6) is 5.75 Å². The highest BCUT2D eigenvalue weighted by Crippen LogP contribution is 2.37. The van der Waals surface area contributed by atoms with Crippen molar-refractivity contribution in [3.63, 3.8) is 0 Å². The molecule has 4 rings (SSSR count). The second-order valence-electron chi connectivity index (χ2n) is 8.90. The zero-order valence-electron chi connectivity index (χ0n) is 19.8. The van der Waals surface area contributed by atoms with Crippen LogP contribution in [0.2, 0.25) is 10.0 Å². The summed E-state index contributed by atoms with van der Waals surface area (Å²) >= 11 is 12.4. The number of carbonyl (C=O) groups is 1. The summed E-state index contributed by atoms with van der Waals surface area (Å²) in [6.45, 7) is 4.33. The molecular weight excluding hydrogens is 508 g/mol. The summed E-state index contributed by atoms with van der Waals surface area (Å²) < 4.78 is 21.9. The molecule has 0 aliphatic carbocycles. The fourth-order valence-electron chi connectivity index (χ4n) is 4.42. The maximum atomic E-state index is 14.0. The summed E-state index contributed by atoms with van der Waals surface area (Å²) in [4.78, 5) is 17.3. The number of carboxylic acids is 1. The minimum atomic E-state index is -0.754. The summed E-state index contributed by atoms with van der Waals surface area (Å²) in [6.07, 6.45) is 7.49. The van der Waals surface area contributed by atoms with Gasteiger partial charge in [-0.2, -0.15) is 5.10 Å². The van der Waals surface area contributed by atoms with Crippen molar-refractivity contribution in [1.82, 2.24) is 19.7 Å². The highest BCUT2D eigenvalue weighted by atomic mass is 35.5. The Balaban J connectivity index is 1.43. The first kappa shape index (κ1) is 26.2. The van der Waals surface area contributed by atoms with Gasteiger partial charge in [0.2, 0.25) is 0 Å². The second-order valence-corrected chi connectivity index (χ2v) is 9.69. The number of pyridine rings is 1. The Morgan fingerprint density at radius 1 is 1.28 bits per heavy atom. The minimum absolute atomic E-state index is 0.0908. The molecule has 0 spiro atoms. The Labute approximate surface area is 218 Å². The Kier molecular flexibility index (Phi) is 8.33. The van der Waals surface area contributed by atoms with Crippen molar-refractivity contribution >= 4 is 35.0 Å². The molecule has 3 N–H and O–H groups in total. The number of benzene rings is 1. The number of nitrogens with zero attached hydrogens (tertiary/aromatic N) is 4. The maximum Gasteiger partial charge on any atom is 0.303 e. The van der Waals surface area contributed by atoms with Gasteiger partial charge in [-0.3, -0.25) is 9.48 Å². The first-order valence-electron chi connectivity index (χ1n) is 11.8. The van der Waals surface area contributed by atoms with Crippen LogP contribution in [-0.4, -0.2) is 50.4 Å². The first-order valence-corrected chi connectivity index (χ1v) is 12.5. The second kappa shape index (κ2) is 11.5. The largest absolute Gasteiger partial charge is 0.482 e. The number of likely N-dealkylation sites (tertiary alicyclic amines) is 1. The number of aromatic nitrogens is 3. The van der Waals surface area contributed by atoms with Crippen molar-refractivity contribution in [3.8, 4) is 16.9 Å². The molecule has 0 saturated carbocycles. The van der Waals surface area contributed by atoms with Gasteiger partial charge in [-0.25, -0.2) is 9.37 Å². The predicted octanol–water partition coefficient (Wildman–Crippen LogP) is 5.61. The number of rotatable bonds is 9. The van der Waals surface area contributed by atoms with E-state index in [1.807, 2.05) is 10.9 Å². The van der Waals surface area contributed by atoms with Crippen LogP contribution < -0.4 is 10.5 Å². The molecule has 0 unspecified atom stereocenters. The van der Waals surface area contributed by atoms with Gasteiger partial charge < -0.3 is 20.5 Å². The normalized spacial score (nSPS) is 15.7. The van der Waals surface area contributed by atoms with Crippen LogP contribution in [0.3, 0.4) is 0 Å². The molecule has 1 aromatic carbocycles. The Morgan fingerprint density at radius 2 is 2.03 bits per heavy atom. The quantitative estimate of drug-likeness (QED) is 0.342. The molecule has 8 nitrogen and oxygen atoms in total. The van der Waals surface area contributed by atoms with Gasteiger partial charge in [0.15, 0.2) is 11.6 Å². The lowest BCUT2D eigenvalue weighted by atomic mass is 10.0. The fourth-order valence-corrected chi connectivity index (χ4v) is 5.10. The van der Waals surface area contributed by atoms with Crippen molar-refractivity contribution < 1.29 is 19.0 Å². The van der Waals surface area contributed by atoms with Gasteiger partial charge in [0.25, 0.3) is 0 Å². The molecule has 36 heavy (non-hydrogen) atoms. The lowest BCUT2D eigenvalue weighted by Gasteiger charge is -2.31. The zero-order valence-corrected chi connectivity index (χ0v) is 21.3. The minimum Gasteiger partial charge on any atom is -0.482 e. The van der Waals surface area contributed by atoms with Gasteiger partial charge in [-0.05, 0) is 50.9 Å². The lowest BCUT2D eigenvalue weighted by Crippen LogP contribution is -2.35. The smallest absolute Gasteiger partial charge is 0.303 e. The number of halogens is 3. The van der Waals surface area contributed by atoms with Crippen molar-refractivity contribution in [2.24, 2.45) is 0 Å². The topological polar surface area (TPSA) is 106 Å². The highest BCUT2D eigenvalue weighted by molar-refractivity contribution is 6.36. The monoisotopic (exact) mass is 535 g/mol. The summed E-state index contributed by atoms with van der Waals surface area (Å²) in [5.41, 5.74) is 8.03. The molecule has 0 bridgehead atoms. The van der Waals surface area contributed by atoms with E-state index in [0.29, 0.717) is 22.8 Å². The summed E-state index contributed by atoms with van der Waals surface area (Å²) in [5, 5.41) is 13.6. The number of aliphatic carboxylic acids is 1. The van der Waals surface area contributed by atoms with Crippen LogP contribution in [0.4, 0.5) is 10.2 Å². The number of ether oxygens (including phenoxy) is 1. The van der Waals surface area contributed by atoms with Gasteiger partial charge in [0.1, 0.15) is 11.9 Å². The van der Waals surface area contributed by atoms with E-state index in [2.05, 4.69) is 15.0 Å². The number of anilines is 1. The van der Waals surface area contributed by atoms with E-state index >= 15 is 0 Å². The van der Waals surface area contributed by atoms with E-state index in [1.54, 1.807) is 25.4 Å². The van der Waals surface area contributed by atoms with Crippen molar-refractivity contribution in [2.75, 3.05) is 25.4 Å². The molecule has 1 saturated heterocycles. The molecule has 0 amide bonds. The third-order valence-electron chi connectivity index (χ3n) is 6.40. The molecule has 1 aliphatic heterocycles. The summed E-state index contributed by atoms with van der Waals surface area (Å²) in [5.74, 6) is -0.809. The Morgan fingerprint density at radius 3 is 2.75 bits per heavy atom. The van der Waals surface area contributed by atoms with Gasteiger partial charge >= 0.3 is 5.97 Å². The third-order valence-corrected chi connectivity index (χ3v) is 7.12. The third kappa shape index (κ3) is 6.08. The molecule has 3 heterocycles. The molecule has 11 heteroatoms. The molecule has 192 valence electrons. The van der Waals surface area contributed by atoms with E-state index < -0.39 is 17.9 Å². The number of hydrogen-bond acceptors (Lipinski definition) is 6. The lowest BCUT2D eigenvalue weighted by molar-refractivity contribution is -0.137. The SMILES string of the molecule is C[C@@H](Oc1cc(-c2cnn(C3CCN(CCCC(=O)O)CC3)c2)cnc1N)c1c(Cl)ccc(F)c1Cl. The number of carboxylic acid groups (broad SMARTS) is 1. The molecule has 3 aromatic rings. The number of nitrogens with two attached hydrogens (primary N) is 1. The van der Waals surface area contributed by atoms with E-state index in [-0.39, 0.29) is 23.3 Å². The van der Waals surface area contributed by atoms with Crippen molar-refractivity contribution in [2.45, 2.75) is 44.8 Å². The summed E-state index contributed by atoms with van der Waals surface area (Å²) in [7, 11) is 0. The van der Waals surface area contributed by atoms with E-state index in [9.17, 15) is 9.18 Å². The van der Waals surface area contributed by atoms with Crippen LogP contribution in [0.25, 0.3) is 11.1 Å². The number of hydrogen-bond donors (Lipinski definition) is 2. The molecule has 0 radical (unpaired) electrons. The summed E-state index contributed by atoms with van der Waals surface area (Å²) in [6, 6.07) is 4.68. The molecule has 1 aliphatic rings. The maximum absolute atomic E-state index is 14.0. The van der Waals surface area contributed by atoms with Crippen molar-refractivity contribution in [3.05, 3.63) is 58.2 Å². The van der Waals surface area contributed by atoms with Crippen LogP contribution >= 0.6 is 23.2 Å². The number of nitrogen functional groups attached to an aromatic ring is 1. The van der Waals surface area contributed by atoms with Gasteiger partial charge in [-0.1, -0.05) is 23.2 Å². The van der Waals surface area contributed by atoms with Crippen LogP contribution in [0, 0.1) is 5.82 Å². The fraction of sp³-hybridized carbons (Fsp3) is 0.400. The molecule has 2 aromatic heterocycles. The van der Waals surface area contributed by atoms with Crippen molar-refractivity contribution in [1.29, 1.82) is 0 Å². The van der Waals surface area contributed by atoms with E-state index in [4.69, 9.17) is 38.8 Å². The zero-order chi connectivity index (χ0) is 25.8. The molecule has 1 fully saturated rings. The average Bonchev–Trinajstić information content (AvgIpc) is 3.34. The predicted molar refractivity (Wildman–Crippen MR) is 137 cm³/mol. The first-order chi connectivity index (χ1) is 17.2. The van der Waals surface area contributed by atoms with Crippen LogP contribution in [-0.2, 0) is 4.79 Å². The highest BCUT2D eigenvalue weighted by Gasteiger charge is 2.23. The van der Waals surface area contributed by atoms with Gasteiger partial charge in [0, 0.05) is 53.6 Å². The Hall–Kier alpha value is -2.88. The molecular formula is C25H28Cl2FN5O3. The van der Waals surface area contributed by atoms with Crippen LogP contribution in [0.15, 0.2) is 36.8 Å². The number of piperidine rings is 1. The standard InChI is InChI=1S/C25H28Cl2FN5O3/c1-15(23-19(26)4-5-20(28)24(23)27)36-21-11-16(12-30-25(21)29)17-13-31-33(14-17)18-6-9-32(10-7-18)8-2-3-22(34)35/h4-5,11-15,18H,2-3,6-10H2,1H3,(H2,29,30)(H,34,35)/t15-/m1/s1. The van der Waals surface area contributed by atoms with E-state index in [1.165, 1.54) is 12.1 Å². The molecule has 1 atom stereocenters. The Bertz CT molecular complexity index is 1230. The van der Waals surface area contributed by atoms with Gasteiger partial charge in [-0.15, -0.1) is 0 Å².